The van der Waals surface area contributed by atoms with Crippen molar-refractivity contribution in [2.24, 2.45) is 21.7 Å². The number of rotatable bonds is 4. The van der Waals surface area contributed by atoms with Crippen LogP contribution < -0.4 is 0 Å². The fourth-order valence-corrected chi connectivity index (χ4v) is 12.4. The number of allylic oxidation sites excluding steroid dienone is 10. The molecule has 0 spiro atoms. The van der Waals surface area contributed by atoms with E-state index in [0.717, 1.165) is 33.4 Å². The second-order valence-corrected chi connectivity index (χ2v) is 23.5. The molecule has 0 amide bonds. The molecule has 3 heterocycles. The summed E-state index contributed by atoms with van der Waals surface area (Å²) in [6.45, 7) is 25.8. The van der Waals surface area contributed by atoms with Gasteiger partial charge in [0.2, 0.25) is 0 Å². The van der Waals surface area contributed by atoms with Crippen LogP contribution >= 0.6 is 22.7 Å². The SMILES string of the molecule is CC(C)(C)C1=CC(=C(c2cc3ccccc3s2)c2ccc(C(=C3C=C(C(C)(C)C)C(=O)C(C(C)(C)C)=C3)c3cc4ccccc4s3)[se]2)C=C(C(C)(C)C)C1=O. The van der Waals surface area contributed by atoms with E-state index in [9.17, 15) is 9.59 Å². The first kappa shape index (κ1) is 39.4. The number of fused-ring (bicyclic) bond motifs is 2. The molecule has 0 bridgehead atoms. The van der Waals surface area contributed by atoms with E-state index in [-0.39, 0.29) is 47.7 Å². The fraction of sp³-hybridized carbons (Fsp3) is 0.320. The number of thiophene rings is 2. The fourth-order valence-electron chi connectivity index (χ4n) is 7.40. The van der Waals surface area contributed by atoms with Gasteiger partial charge in [0.05, 0.1) is 0 Å². The first-order valence-electron chi connectivity index (χ1n) is 19.2. The van der Waals surface area contributed by atoms with Gasteiger partial charge in [-0.3, -0.25) is 0 Å². The number of hydrogen-bond acceptors (Lipinski definition) is 4. The number of carbonyl (C=O) groups is 2. The van der Waals surface area contributed by atoms with E-state index in [2.05, 4.69) is 180 Å². The summed E-state index contributed by atoms with van der Waals surface area (Å²) in [5.74, 6) is 0.298. The monoisotopic (exact) mass is 828 g/mol. The molecule has 2 aliphatic rings. The average molecular weight is 828 g/mol. The summed E-state index contributed by atoms with van der Waals surface area (Å²) in [7, 11) is 0. The molecule has 0 saturated carbocycles. The Balaban J connectivity index is 1.55. The van der Waals surface area contributed by atoms with Gasteiger partial charge in [-0.2, -0.15) is 0 Å². The van der Waals surface area contributed by atoms with Crippen molar-refractivity contribution in [3.05, 3.63) is 149 Å². The van der Waals surface area contributed by atoms with Crippen LogP contribution in [0.1, 0.15) is 102 Å². The summed E-state index contributed by atoms with van der Waals surface area (Å²) in [4.78, 5) is 30.7. The van der Waals surface area contributed by atoms with Gasteiger partial charge in [-0.1, -0.05) is 0 Å². The number of hydrogen-bond donors (Lipinski definition) is 0. The molecule has 2 nitrogen and oxygen atoms in total. The normalized spacial score (nSPS) is 16.1. The van der Waals surface area contributed by atoms with Crippen molar-refractivity contribution in [2.45, 2.75) is 83.1 Å². The Labute approximate surface area is 341 Å². The van der Waals surface area contributed by atoms with Crippen molar-refractivity contribution >= 4 is 80.1 Å². The summed E-state index contributed by atoms with van der Waals surface area (Å²) in [5.41, 5.74) is 6.77. The van der Waals surface area contributed by atoms with E-state index >= 15 is 0 Å². The van der Waals surface area contributed by atoms with Crippen LogP contribution in [0.25, 0.3) is 31.3 Å². The molecule has 0 radical (unpaired) electrons. The van der Waals surface area contributed by atoms with Crippen LogP contribution in [0.2, 0.25) is 0 Å². The first-order valence-corrected chi connectivity index (χ1v) is 22.5. The number of Topliss-reactive ketones (excluding diaryl/α,β-unsaturated/α-hetero) is 2. The molecule has 0 saturated heterocycles. The van der Waals surface area contributed by atoms with Crippen molar-refractivity contribution in [1.82, 2.24) is 0 Å². The van der Waals surface area contributed by atoms with Crippen LogP contribution in [0.15, 0.2) is 131 Å². The minimum absolute atomic E-state index is 0.0864. The van der Waals surface area contributed by atoms with Crippen molar-refractivity contribution < 1.29 is 9.59 Å². The van der Waals surface area contributed by atoms with E-state index in [1.54, 1.807) is 0 Å². The second-order valence-electron chi connectivity index (χ2n) is 19.0. The predicted octanol–water partition coefficient (Wildman–Crippen LogP) is 13.8. The molecule has 7 rings (SSSR count). The van der Waals surface area contributed by atoms with Gasteiger partial charge in [0.15, 0.2) is 0 Å². The Morgan fingerprint density at radius 2 is 0.764 bits per heavy atom. The molecule has 0 unspecified atom stereocenters. The molecule has 0 N–H and O–H groups in total. The van der Waals surface area contributed by atoms with Crippen LogP contribution in [0.3, 0.4) is 0 Å². The Kier molecular flexibility index (Phi) is 9.99. The maximum absolute atomic E-state index is 14.1. The van der Waals surface area contributed by atoms with Crippen molar-refractivity contribution in [1.29, 1.82) is 0 Å². The van der Waals surface area contributed by atoms with Crippen molar-refractivity contribution in [3.8, 4) is 0 Å². The molecular weight excluding hydrogens is 776 g/mol. The molecular formula is C50H52O2S2Se. The molecule has 3 aromatic heterocycles. The second kappa shape index (κ2) is 14.0. The Bertz CT molecular complexity index is 2270. The Morgan fingerprint density at radius 1 is 0.455 bits per heavy atom. The van der Waals surface area contributed by atoms with Crippen LogP contribution in [0.5, 0.6) is 0 Å². The van der Waals surface area contributed by atoms with Gasteiger partial charge >= 0.3 is 344 Å². The first-order chi connectivity index (χ1) is 25.6. The van der Waals surface area contributed by atoms with Gasteiger partial charge in [-0.25, -0.2) is 0 Å². The molecule has 2 aliphatic carbocycles. The molecule has 2 aromatic carbocycles. The van der Waals surface area contributed by atoms with Gasteiger partial charge in [0, 0.05) is 0 Å². The Morgan fingerprint density at radius 3 is 1.05 bits per heavy atom. The van der Waals surface area contributed by atoms with Crippen LogP contribution in [-0.2, 0) is 9.59 Å². The predicted molar refractivity (Wildman–Crippen MR) is 239 cm³/mol. The Hall–Kier alpha value is -3.86. The van der Waals surface area contributed by atoms with Gasteiger partial charge < -0.3 is 0 Å². The minimum atomic E-state index is -0.317. The van der Waals surface area contributed by atoms with E-state index in [4.69, 9.17) is 0 Å². The molecule has 0 atom stereocenters. The standard InChI is InChI=1S/C50H52O2S2Se/c1-47(2,3)33-23-31(24-34(45(33)51)48(4,5)6)43(39-27-29-17-13-15-19-37(29)53-39)41-21-22-42(55-41)44(40-28-30-18-14-16-20-38(30)54-40)32-25-35(49(7,8)9)46(52)36(26-32)50(10,11)12/h13-28H,1-12H3. The topological polar surface area (TPSA) is 34.1 Å². The van der Waals surface area contributed by atoms with E-state index in [1.165, 1.54) is 49.9 Å². The van der Waals surface area contributed by atoms with Crippen LogP contribution in [-0.4, -0.2) is 26.1 Å². The molecule has 5 heteroatoms. The summed E-state index contributed by atoms with van der Waals surface area (Å²) in [6, 6.07) is 26.6. The van der Waals surface area contributed by atoms with Gasteiger partial charge in [0.1, 0.15) is 0 Å². The average Bonchev–Trinajstić information content (AvgIpc) is 3.83. The van der Waals surface area contributed by atoms with Crippen LogP contribution in [0.4, 0.5) is 0 Å². The quantitative estimate of drug-likeness (QED) is 0.169. The summed E-state index contributed by atoms with van der Waals surface area (Å²) in [5, 5.41) is 2.46. The number of benzene rings is 2. The van der Waals surface area contributed by atoms with E-state index < -0.39 is 0 Å². The van der Waals surface area contributed by atoms with Gasteiger partial charge in [-0.05, 0) is 0 Å². The molecule has 282 valence electrons. The van der Waals surface area contributed by atoms with Crippen molar-refractivity contribution in [3.63, 3.8) is 0 Å². The third-order valence-electron chi connectivity index (χ3n) is 10.4. The van der Waals surface area contributed by atoms with Gasteiger partial charge in [-0.15, -0.1) is 0 Å². The summed E-state index contributed by atoms with van der Waals surface area (Å²) in [6.07, 6.45) is 8.73. The molecule has 0 fully saturated rings. The number of carbonyl (C=O) groups excluding carboxylic acids is 2. The summed E-state index contributed by atoms with van der Waals surface area (Å²) >= 11 is 3.56. The molecule has 0 aliphatic heterocycles. The van der Waals surface area contributed by atoms with E-state index in [0.29, 0.717) is 0 Å². The molecule has 55 heavy (non-hydrogen) atoms. The zero-order valence-electron chi connectivity index (χ0n) is 34.3. The maximum atomic E-state index is 14.1. The van der Waals surface area contributed by atoms with Crippen molar-refractivity contribution in [2.75, 3.05) is 0 Å². The third kappa shape index (κ3) is 7.66. The van der Waals surface area contributed by atoms with Crippen LogP contribution in [0, 0.1) is 21.7 Å². The number of ketones is 2. The zero-order valence-corrected chi connectivity index (χ0v) is 37.6. The summed E-state index contributed by atoms with van der Waals surface area (Å²) < 4.78 is 5.08. The third-order valence-corrected chi connectivity index (χ3v) is 15.0. The zero-order chi connectivity index (χ0) is 39.8. The molecule has 5 aromatic rings. The van der Waals surface area contributed by atoms with Gasteiger partial charge in [0.25, 0.3) is 0 Å². The van der Waals surface area contributed by atoms with E-state index in [1.807, 2.05) is 22.7 Å².